The molecule has 71 heavy (non-hydrogen) atoms. The van der Waals surface area contributed by atoms with E-state index in [9.17, 15) is 15.0 Å². The summed E-state index contributed by atoms with van der Waals surface area (Å²) < 4.78 is 23.6. The number of para-hydroxylation sites is 2. The van der Waals surface area contributed by atoms with Gasteiger partial charge >= 0.3 is 12.1 Å². The quantitative estimate of drug-likeness (QED) is 0.0420. The van der Waals surface area contributed by atoms with Crippen LogP contribution in [0.3, 0.4) is 0 Å². The van der Waals surface area contributed by atoms with Crippen molar-refractivity contribution in [2.24, 2.45) is 5.92 Å². The molecular formula is C56H55N5O10. The summed E-state index contributed by atoms with van der Waals surface area (Å²) in [5, 5.41) is 24.6. The van der Waals surface area contributed by atoms with E-state index < -0.39 is 65.0 Å². The van der Waals surface area contributed by atoms with Gasteiger partial charge in [-0.3, -0.25) is 19.3 Å². The SMILES string of the molecule is COCCOC(=O)N1C(=O)[C@@]2(c3cc(C#CC4(O)CCCCCC4)ccc31)[C@H](c1cccc(OCCO)c1)N1[C@H](c3ccccc3)[C@H](c3ccccc3)OC(=O)[C@H]1[C@@H]2C(=O)NCc1nc2ccccc2[nH]1. The van der Waals surface area contributed by atoms with Gasteiger partial charge in [-0.1, -0.05) is 110 Å². The van der Waals surface area contributed by atoms with E-state index in [1.165, 1.54) is 7.11 Å². The predicted octanol–water partition coefficient (Wildman–Crippen LogP) is 7.14. The lowest BCUT2D eigenvalue weighted by molar-refractivity contribution is -0.178. The lowest BCUT2D eigenvalue weighted by Gasteiger charge is -2.46. The second kappa shape index (κ2) is 20.2. The maximum Gasteiger partial charge on any atom is 0.421 e. The highest BCUT2D eigenvalue weighted by Gasteiger charge is 2.76. The molecule has 3 fully saturated rings. The summed E-state index contributed by atoms with van der Waals surface area (Å²) in [4.78, 5) is 73.4. The van der Waals surface area contributed by atoms with Crippen molar-refractivity contribution in [3.8, 4) is 17.6 Å². The number of cyclic esters (lactones) is 1. The zero-order valence-electron chi connectivity index (χ0n) is 39.3. The second-order valence-corrected chi connectivity index (χ2v) is 18.5. The number of rotatable bonds is 12. The number of aliphatic hydroxyl groups excluding tert-OH is 1. The first-order valence-corrected chi connectivity index (χ1v) is 24.2. The minimum atomic E-state index is -2.11. The van der Waals surface area contributed by atoms with Crippen molar-refractivity contribution in [3.05, 3.63) is 161 Å². The lowest BCUT2D eigenvalue weighted by atomic mass is 9.65. The first-order chi connectivity index (χ1) is 34.6. The Balaban J connectivity index is 1.25. The van der Waals surface area contributed by atoms with E-state index in [-0.39, 0.29) is 44.2 Å². The molecule has 364 valence electrons. The molecule has 1 aromatic heterocycles. The van der Waals surface area contributed by atoms with Gasteiger partial charge < -0.3 is 39.5 Å². The fourth-order valence-corrected chi connectivity index (χ4v) is 11.2. The van der Waals surface area contributed by atoms with Crippen molar-refractivity contribution in [2.45, 2.75) is 80.3 Å². The third kappa shape index (κ3) is 8.82. The lowest BCUT2D eigenvalue weighted by Crippen LogP contribution is -2.55. The number of carbonyl (C=O) groups is 4. The van der Waals surface area contributed by atoms with Crippen LogP contribution in [-0.2, 0) is 40.6 Å². The third-order valence-corrected chi connectivity index (χ3v) is 14.2. The average molecular weight is 958 g/mol. The van der Waals surface area contributed by atoms with Gasteiger partial charge in [-0.05, 0) is 90.4 Å². The van der Waals surface area contributed by atoms with Gasteiger partial charge in [0.15, 0.2) is 0 Å². The van der Waals surface area contributed by atoms with E-state index in [0.717, 1.165) is 41.7 Å². The highest BCUT2D eigenvalue weighted by molar-refractivity contribution is 6.23. The van der Waals surface area contributed by atoms with Crippen molar-refractivity contribution in [2.75, 3.05) is 38.4 Å². The van der Waals surface area contributed by atoms with Crippen molar-refractivity contribution >= 4 is 40.6 Å². The van der Waals surface area contributed by atoms with Crippen LogP contribution in [0.4, 0.5) is 10.5 Å². The first-order valence-electron chi connectivity index (χ1n) is 24.2. The number of imide groups is 1. The molecule has 6 atom stereocenters. The van der Waals surface area contributed by atoms with Crippen molar-refractivity contribution in [3.63, 3.8) is 0 Å². The number of amides is 3. The Morgan fingerprint density at radius 1 is 0.831 bits per heavy atom. The monoisotopic (exact) mass is 957 g/mol. The number of benzene rings is 5. The zero-order chi connectivity index (χ0) is 49.1. The molecule has 1 aliphatic carbocycles. The Morgan fingerprint density at radius 2 is 1.55 bits per heavy atom. The van der Waals surface area contributed by atoms with Crippen LogP contribution in [0.1, 0.15) is 90.4 Å². The zero-order valence-corrected chi connectivity index (χ0v) is 39.3. The van der Waals surface area contributed by atoms with Crippen LogP contribution in [0.5, 0.6) is 5.75 Å². The fourth-order valence-electron chi connectivity index (χ4n) is 11.2. The molecule has 4 N–H and O–H groups in total. The highest BCUT2D eigenvalue weighted by Crippen LogP contribution is 2.66. The van der Waals surface area contributed by atoms with Crippen molar-refractivity contribution in [1.29, 1.82) is 0 Å². The summed E-state index contributed by atoms with van der Waals surface area (Å²) in [5.74, 6) is 3.32. The van der Waals surface area contributed by atoms with Gasteiger partial charge in [-0.15, -0.1) is 0 Å². The maximum absolute atomic E-state index is 16.5. The predicted molar refractivity (Wildman–Crippen MR) is 262 cm³/mol. The van der Waals surface area contributed by atoms with Crippen LogP contribution in [0.2, 0.25) is 0 Å². The van der Waals surface area contributed by atoms with E-state index in [1.54, 1.807) is 42.5 Å². The molecule has 15 nitrogen and oxygen atoms in total. The number of ether oxygens (including phenoxy) is 4. The van der Waals surface area contributed by atoms with Gasteiger partial charge in [-0.25, -0.2) is 14.7 Å². The molecule has 0 radical (unpaired) electrons. The molecule has 1 saturated carbocycles. The summed E-state index contributed by atoms with van der Waals surface area (Å²) in [5.41, 5.74) is 0.744. The molecule has 15 heteroatoms. The Kier molecular flexibility index (Phi) is 13.4. The number of aliphatic hydroxyl groups is 2. The molecule has 0 unspecified atom stereocenters. The van der Waals surface area contributed by atoms with Crippen LogP contribution in [0.25, 0.3) is 11.0 Å². The first kappa shape index (κ1) is 47.3. The van der Waals surface area contributed by atoms with Crippen LogP contribution in [0, 0.1) is 17.8 Å². The van der Waals surface area contributed by atoms with E-state index >= 15 is 14.4 Å². The molecule has 6 aromatic rings. The Hall–Kier alpha value is -7.35. The number of hydrogen-bond donors (Lipinski definition) is 4. The Bertz CT molecular complexity index is 2970. The van der Waals surface area contributed by atoms with Gasteiger partial charge in [0.05, 0.1) is 54.5 Å². The Morgan fingerprint density at radius 3 is 2.28 bits per heavy atom. The number of anilines is 1. The van der Waals surface area contributed by atoms with Crippen LogP contribution < -0.4 is 15.0 Å². The number of nitrogens with one attached hydrogen (secondary N) is 2. The van der Waals surface area contributed by atoms with E-state index in [4.69, 9.17) is 23.9 Å². The number of aromatic amines is 1. The topological polar surface area (TPSA) is 193 Å². The van der Waals surface area contributed by atoms with Crippen LogP contribution >= 0.6 is 0 Å². The second-order valence-electron chi connectivity index (χ2n) is 18.5. The van der Waals surface area contributed by atoms with Crippen molar-refractivity contribution < 1.29 is 48.3 Å². The summed E-state index contributed by atoms with van der Waals surface area (Å²) in [6.07, 6.45) is 2.67. The number of H-pyrrole nitrogens is 1. The van der Waals surface area contributed by atoms with Crippen LogP contribution in [0.15, 0.2) is 127 Å². The number of fused-ring (bicyclic) bond motifs is 4. The Labute approximate surface area is 411 Å². The number of hydrogen-bond acceptors (Lipinski definition) is 12. The van der Waals surface area contributed by atoms with Gasteiger partial charge in [0.1, 0.15) is 47.9 Å². The maximum atomic E-state index is 16.5. The van der Waals surface area contributed by atoms with Crippen LogP contribution in [-0.4, -0.2) is 94.1 Å². The molecule has 3 aliphatic heterocycles. The van der Waals surface area contributed by atoms with Gasteiger partial charge in [0, 0.05) is 12.7 Å². The largest absolute Gasteiger partial charge is 0.491 e. The molecular weight excluding hydrogens is 903 g/mol. The van der Waals surface area contributed by atoms with Gasteiger partial charge in [0.25, 0.3) is 0 Å². The molecule has 5 aromatic carbocycles. The minimum Gasteiger partial charge on any atom is -0.491 e. The molecule has 2 saturated heterocycles. The average Bonchev–Trinajstić information content (AvgIpc) is 3.98. The van der Waals surface area contributed by atoms with Gasteiger partial charge in [0.2, 0.25) is 11.8 Å². The standard InChI is InChI=1S/C56H55N5O10/c1-68-31-32-70-54(66)60-44-24-23-36(25-28-55(67)26-12-2-3-13-27-55)33-41(44)56(53(60)65)46(51(63)57-35-45-58-42-21-10-11-22-43(42)59-45)48-52(64)71-49(38-17-8-5-9-18-38)47(37-15-6-4-7-16-37)61(48)50(56)39-19-14-20-40(34-39)69-30-29-62/h4-11,14-24,33-34,46-50,62,67H,2-3,12-13,26-27,29-32,35H2,1H3,(H,57,63)(H,58,59)/t46-,47-,48-,49+,50+,56-/m1/s1. The molecule has 10 rings (SSSR count). The molecule has 3 amide bonds. The number of morpholine rings is 1. The fraction of sp³-hybridized carbons (Fsp3) is 0.339. The number of carbonyl (C=O) groups excluding carboxylic acids is 4. The number of nitrogens with zero attached hydrogens (tertiary/aromatic N) is 3. The number of methoxy groups -OCH3 is 1. The number of aromatic nitrogens is 2. The normalized spacial score (nSPS) is 23.5. The molecule has 4 aliphatic rings. The third-order valence-electron chi connectivity index (χ3n) is 14.2. The van der Waals surface area contributed by atoms with E-state index in [0.29, 0.717) is 46.6 Å². The smallest absolute Gasteiger partial charge is 0.421 e. The molecule has 1 spiro atoms. The highest BCUT2D eigenvalue weighted by atomic mass is 16.6. The summed E-state index contributed by atoms with van der Waals surface area (Å²) in [6, 6.07) is 34.8. The number of imidazole rings is 1. The molecule has 0 bridgehead atoms. The van der Waals surface area contributed by atoms with Crippen molar-refractivity contribution in [1.82, 2.24) is 20.2 Å². The minimum absolute atomic E-state index is 0.0370. The van der Waals surface area contributed by atoms with E-state index in [1.807, 2.05) is 89.8 Å². The van der Waals surface area contributed by atoms with Gasteiger partial charge in [-0.2, -0.15) is 0 Å². The summed E-state index contributed by atoms with van der Waals surface area (Å²) >= 11 is 0. The molecule has 4 heterocycles. The number of esters is 1. The summed E-state index contributed by atoms with van der Waals surface area (Å²) in [6.45, 7) is -0.565. The summed E-state index contributed by atoms with van der Waals surface area (Å²) in [7, 11) is 1.46. The van der Waals surface area contributed by atoms with E-state index in [2.05, 4.69) is 22.1 Å².